The van der Waals surface area contributed by atoms with Crippen molar-refractivity contribution in [1.82, 2.24) is 9.13 Å². The van der Waals surface area contributed by atoms with Crippen LogP contribution in [0.3, 0.4) is 0 Å². The van der Waals surface area contributed by atoms with Gasteiger partial charge in [0, 0.05) is 38.6 Å². The van der Waals surface area contributed by atoms with Crippen LogP contribution in [-0.2, 0) is 20.6 Å². The minimum absolute atomic E-state index is 0.119. The molecule has 2 aromatic rings. The second-order valence-electron chi connectivity index (χ2n) is 4.61. The Morgan fingerprint density at radius 1 is 1.29 bits per heavy atom. The maximum absolute atomic E-state index is 13.3. The summed E-state index contributed by atoms with van der Waals surface area (Å²) in [5.74, 6) is -0.338. The molecule has 1 aromatic heterocycles. The summed E-state index contributed by atoms with van der Waals surface area (Å²) in [6, 6.07) is 4.33. The fraction of sp³-hybridized carbons (Fsp3) is 0.286. The number of hydrogen-bond acceptors (Lipinski definition) is 4. The maximum Gasteiger partial charge on any atom is 0.330 e. The van der Waals surface area contributed by atoms with Gasteiger partial charge in [-0.15, -0.1) is 0 Å². The average Bonchev–Trinajstić information content (AvgIpc) is 2.48. The lowest BCUT2D eigenvalue weighted by Gasteiger charge is -2.10. The quantitative estimate of drug-likeness (QED) is 0.907. The van der Waals surface area contributed by atoms with Crippen LogP contribution in [0.5, 0.6) is 5.75 Å². The zero-order chi connectivity index (χ0) is 15.6. The molecule has 112 valence electrons. The number of rotatable bonds is 4. The SMILES string of the molecule is COc1cc(NCc2cn(C)c(=O)n(C)c2=O)ccc1F. The Hall–Kier alpha value is -2.57. The van der Waals surface area contributed by atoms with Crippen molar-refractivity contribution in [2.45, 2.75) is 6.54 Å². The number of halogens is 1. The lowest BCUT2D eigenvalue weighted by atomic mass is 10.2. The molecule has 0 fully saturated rings. The number of nitrogens with zero attached hydrogens (tertiary/aromatic N) is 2. The van der Waals surface area contributed by atoms with E-state index in [0.29, 0.717) is 11.3 Å². The van der Waals surface area contributed by atoms with Crippen LogP contribution < -0.4 is 21.3 Å². The molecule has 6 nitrogen and oxygen atoms in total. The zero-order valence-electron chi connectivity index (χ0n) is 12.0. The average molecular weight is 293 g/mol. The summed E-state index contributed by atoms with van der Waals surface area (Å²) in [5, 5.41) is 3.00. The standard InChI is InChI=1S/C14H16FN3O3/c1-17-8-9(13(19)18(2)14(17)20)7-16-10-4-5-11(15)12(6-10)21-3/h4-6,8,16H,7H2,1-3H3. The van der Waals surface area contributed by atoms with Crippen molar-refractivity contribution in [3.63, 3.8) is 0 Å². The van der Waals surface area contributed by atoms with E-state index in [1.54, 1.807) is 13.1 Å². The lowest BCUT2D eigenvalue weighted by Crippen LogP contribution is -2.38. The van der Waals surface area contributed by atoms with Gasteiger partial charge in [-0.25, -0.2) is 9.18 Å². The normalized spacial score (nSPS) is 10.5. The van der Waals surface area contributed by atoms with Crippen molar-refractivity contribution in [3.8, 4) is 5.75 Å². The van der Waals surface area contributed by atoms with E-state index in [4.69, 9.17) is 4.74 Å². The van der Waals surface area contributed by atoms with E-state index < -0.39 is 5.82 Å². The van der Waals surface area contributed by atoms with Gasteiger partial charge >= 0.3 is 5.69 Å². The van der Waals surface area contributed by atoms with E-state index in [2.05, 4.69) is 5.32 Å². The van der Waals surface area contributed by atoms with Crippen molar-refractivity contribution >= 4 is 5.69 Å². The molecule has 2 rings (SSSR count). The number of anilines is 1. The fourth-order valence-corrected chi connectivity index (χ4v) is 1.97. The summed E-state index contributed by atoms with van der Waals surface area (Å²) in [6.45, 7) is 0.218. The van der Waals surface area contributed by atoms with Gasteiger partial charge in [-0.3, -0.25) is 9.36 Å². The van der Waals surface area contributed by atoms with Gasteiger partial charge in [0.2, 0.25) is 0 Å². The molecule has 1 N–H and O–H groups in total. The summed E-state index contributed by atoms with van der Waals surface area (Å²) < 4.78 is 20.6. The third-order valence-electron chi connectivity index (χ3n) is 3.15. The van der Waals surface area contributed by atoms with E-state index in [9.17, 15) is 14.0 Å². The Labute approximate surface area is 120 Å². The smallest absolute Gasteiger partial charge is 0.330 e. The summed E-state index contributed by atoms with van der Waals surface area (Å²) in [4.78, 5) is 23.5. The van der Waals surface area contributed by atoms with Crippen LogP contribution in [0.4, 0.5) is 10.1 Å². The van der Waals surface area contributed by atoms with Gasteiger partial charge < -0.3 is 14.6 Å². The number of ether oxygens (including phenoxy) is 1. The van der Waals surface area contributed by atoms with Crippen molar-refractivity contribution < 1.29 is 9.13 Å². The second kappa shape index (κ2) is 5.82. The molecule has 7 heteroatoms. The van der Waals surface area contributed by atoms with Gasteiger partial charge in [-0.2, -0.15) is 0 Å². The minimum atomic E-state index is -0.457. The number of hydrogen-bond donors (Lipinski definition) is 1. The molecule has 0 aliphatic heterocycles. The summed E-state index contributed by atoms with van der Waals surface area (Å²) >= 11 is 0. The number of aryl methyl sites for hydroxylation is 1. The van der Waals surface area contributed by atoms with Crippen LogP contribution in [0.25, 0.3) is 0 Å². The third kappa shape index (κ3) is 2.96. The highest BCUT2D eigenvalue weighted by Crippen LogP contribution is 2.21. The summed E-state index contributed by atoms with van der Waals surface area (Å²) in [7, 11) is 4.38. The molecular weight excluding hydrogens is 277 g/mol. The van der Waals surface area contributed by atoms with Gasteiger partial charge in [0.25, 0.3) is 5.56 Å². The van der Waals surface area contributed by atoms with E-state index in [-0.39, 0.29) is 23.5 Å². The Bertz CT molecular complexity index is 780. The predicted octanol–water partition coefficient (Wildman–Crippen LogP) is 0.844. The molecule has 0 radical (unpaired) electrons. The molecule has 0 saturated heterocycles. The number of aromatic nitrogens is 2. The van der Waals surface area contributed by atoms with Gasteiger partial charge in [0.15, 0.2) is 11.6 Å². The van der Waals surface area contributed by atoms with Crippen LogP contribution in [-0.4, -0.2) is 16.2 Å². The monoisotopic (exact) mass is 293 g/mol. The Balaban J connectivity index is 2.25. The molecule has 1 aromatic carbocycles. The number of nitrogens with one attached hydrogen (secondary N) is 1. The van der Waals surface area contributed by atoms with E-state index in [1.807, 2.05) is 0 Å². The predicted molar refractivity (Wildman–Crippen MR) is 77.2 cm³/mol. The maximum atomic E-state index is 13.3. The molecule has 0 unspecified atom stereocenters. The molecule has 0 spiro atoms. The van der Waals surface area contributed by atoms with Crippen molar-refractivity contribution in [2.24, 2.45) is 14.1 Å². The summed E-state index contributed by atoms with van der Waals surface area (Å²) in [5.41, 5.74) is 0.305. The molecule has 0 amide bonds. The highest BCUT2D eigenvalue weighted by Gasteiger charge is 2.08. The Morgan fingerprint density at radius 2 is 2.00 bits per heavy atom. The molecule has 21 heavy (non-hydrogen) atoms. The van der Waals surface area contributed by atoms with Crippen LogP contribution >= 0.6 is 0 Å². The van der Waals surface area contributed by atoms with Gasteiger partial charge in [-0.05, 0) is 12.1 Å². The molecule has 0 bridgehead atoms. The molecule has 0 saturated carbocycles. The first-order valence-corrected chi connectivity index (χ1v) is 6.27. The van der Waals surface area contributed by atoms with Crippen LogP contribution in [0.2, 0.25) is 0 Å². The van der Waals surface area contributed by atoms with Crippen LogP contribution in [0.1, 0.15) is 5.56 Å². The minimum Gasteiger partial charge on any atom is -0.494 e. The van der Waals surface area contributed by atoms with Gasteiger partial charge in [0.05, 0.1) is 12.7 Å². The lowest BCUT2D eigenvalue weighted by molar-refractivity contribution is 0.387. The van der Waals surface area contributed by atoms with Gasteiger partial charge in [-0.1, -0.05) is 0 Å². The number of benzene rings is 1. The van der Waals surface area contributed by atoms with Gasteiger partial charge in [0.1, 0.15) is 0 Å². The van der Waals surface area contributed by atoms with Crippen molar-refractivity contribution in [2.75, 3.05) is 12.4 Å². The first-order chi connectivity index (χ1) is 9.93. The van der Waals surface area contributed by atoms with Crippen LogP contribution in [0.15, 0.2) is 34.0 Å². The largest absolute Gasteiger partial charge is 0.494 e. The first-order valence-electron chi connectivity index (χ1n) is 6.27. The highest BCUT2D eigenvalue weighted by atomic mass is 19.1. The second-order valence-corrected chi connectivity index (χ2v) is 4.61. The topological polar surface area (TPSA) is 65.3 Å². The molecule has 1 heterocycles. The zero-order valence-corrected chi connectivity index (χ0v) is 12.0. The van der Waals surface area contributed by atoms with E-state index >= 15 is 0 Å². The first kappa shape index (κ1) is 14.8. The molecule has 0 atom stereocenters. The van der Waals surface area contributed by atoms with Crippen LogP contribution in [0, 0.1) is 5.82 Å². The molecule has 0 aliphatic rings. The Kier molecular flexibility index (Phi) is 4.11. The molecule has 0 aliphatic carbocycles. The summed E-state index contributed by atoms with van der Waals surface area (Å²) in [6.07, 6.45) is 1.48. The van der Waals surface area contributed by atoms with E-state index in [1.165, 1.54) is 37.1 Å². The van der Waals surface area contributed by atoms with Crippen molar-refractivity contribution in [3.05, 3.63) is 56.6 Å². The number of methoxy groups -OCH3 is 1. The fourth-order valence-electron chi connectivity index (χ4n) is 1.97. The highest BCUT2D eigenvalue weighted by molar-refractivity contribution is 5.49. The third-order valence-corrected chi connectivity index (χ3v) is 3.15. The Morgan fingerprint density at radius 3 is 2.67 bits per heavy atom. The molecular formula is C14H16FN3O3. The van der Waals surface area contributed by atoms with Crippen molar-refractivity contribution in [1.29, 1.82) is 0 Å². The van der Waals surface area contributed by atoms with E-state index in [0.717, 1.165) is 4.57 Å².